The van der Waals surface area contributed by atoms with E-state index in [1.807, 2.05) is 26.0 Å². The summed E-state index contributed by atoms with van der Waals surface area (Å²) in [6.45, 7) is 12.3. The van der Waals surface area contributed by atoms with Gasteiger partial charge in [0.1, 0.15) is 0 Å². The molecule has 1 aromatic carbocycles. The van der Waals surface area contributed by atoms with E-state index in [4.69, 9.17) is 21.1 Å². The number of carbonyl (C=O) groups excluding carboxylic acids is 2. The highest BCUT2D eigenvalue weighted by Crippen LogP contribution is 2.52. The number of halogens is 1. The molecule has 178 valence electrons. The SMILES string of the molecule is COc1cc(C2C3=C(CC(C)(C)CC3=O)NC3=C2C(=O)CC(C)(C)C3)cc(Cl)c1OC(C)C. The molecule has 0 atom stereocenters. The fourth-order valence-electron chi connectivity index (χ4n) is 5.48. The number of benzene rings is 1. The molecule has 1 aromatic rings. The third-order valence-corrected chi connectivity index (χ3v) is 6.94. The lowest BCUT2D eigenvalue weighted by Gasteiger charge is -2.44. The number of methoxy groups -OCH3 is 1. The molecular formula is C27H34ClNO4. The van der Waals surface area contributed by atoms with Crippen LogP contribution in [0.1, 0.15) is 78.7 Å². The van der Waals surface area contributed by atoms with E-state index in [1.54, 1.807) is 7.11 Å². The van der Waals surface area contributed by atoms with E-state index in [1.165, 1.54) is 0 Å². The summed E-state index contributed by atoms with van der Waals surface area (Å²) in [5.74, 6) is 0.688. The van der Waals surface area contributed by atoms with Crippen LogP contribution in [-0.4, -0.2) is 24.8 Å². The number of ketones is 2. The van der Waals surface area contributed by atoms with Gasteiger partial charge in [-0.05, 0) is 55.2 Å². The first-order chi connectivity index (χ1) is 15.3. The number of nitrogens with one attached hydrogen (secondary N) is 1. The summed E-state index contributed by atoms with van der Waals surface area (Å²) in [7, 11) is 1.57. The standard InChI is InChI=1S/C27H34ClNO4/c1-14(2)33-25-16(28)8-15(9-21(25)32-7)22-23-17(10-26(3,4)12-19(23)30)29-18-11-27(5,6)13-20(31)24(18)22/h8-9,14,22,29H,10-13H2,1-7H3. The van der Waals surface area contributed by atoms with Gasteiger partial charge in [-0.2, -0.15) is 0 Å². The quantitative estimate of drug-likeness (QED) is 0.574. The van der Waals surface area contributed by atoms with Crippen molar-refractivity contribution in [2.24, 2.45) is 10.8 Å². The first kappa shape index (κ1) is 23.9. The van der Waals surface area contributed by atoms with Crippen LogP contribution in [0.4, 0.5) is 0 Å². The second-order valence-electron chi connectivity index (χ2n) is 11.4. The van der Waals surface area contributed by atoms with Crippen LogP contribution in [0, 0.1) is 10.8 Å². The molecule has 0 bridgehead atoms. The Hall–Kier alpha value is -2.27. The first-order valence-corrected chi connectivity index (χ1v) is 12.0. The molecule has 0 saturated heterocycles. The van der Waals surface area contributed by atoms with Crippen LogP contribution in [0.15, 0.2) is 34.7 Å². The molecule has 3 aliphatic rings. The lowest BCUT2D eigenvalue weighted by Crippen LogP contribution is -2.42. The lowest BCUT2D eigenvalue weighted by molar-refractivity contribution is -0.119. The fraction of sp³-hybridized carbons (Fsp3) is 0.556. The van der Waals surface area contributed by atoms with E-state index in [0.29, 0.717) is 40.5 Å². The summed E-state index contributed by atoms with van der Waals surface area (Å²) >= 11 is 6.67. The van der Waals surface area contributed by atoms with Crippen LogP contribution in [0.3, 0.4) is 0 Å². The Bertz CT molecular complexity index is 1040. The van der Waals surface area contributed by atoms with Gasteiger partial charge in [0.15, 0.2) is 23.1 Å². The summed E-state index contributed by atoms with van der Waals surface area (Å²) in [6, 6.07) is 3.70. The largest absolute Gasteiger partial charge is 0.493 e. The highest BCUT2D eigenvalue weighted by molar-refractivity contribution is 6.32. The monoisotopic (exact) mass is 471 g/mol. The van der Waals surface area contributed by atoms with E-state index in [2.05, 4.69) is 33.0 Å². The maximum absolute atomic E-state index is 13.5. The third-order valence-electron chi connectivity index (χ3n) is 6.66. The Labute approximate surface area is 201 Å². The van der Waals surface area contributed by atoms with E-state index < -0.39 is 5.92 Å². The lowest BCUT2D eigenvalue weighted by atomic mass is 9.64. The average molecular weight is 472 g/mol. The summed E-state index contributed by atoms with van der Waals surface area (Å²) in [6.07, 6.45) is 2.34. The zero-order chi connectivity index (χ0) is 24.3. The van der Waals surface area contributed by atoms with Crippen molar-refractivity contribution in [3.8, 4) is 11.5 Å². The predicted octanol–water partition coefficient (Wildman–Crippen LogP) is 6.11. The van der Waals surface area contributed by atoms with Crippen molar-refractivity contribution in [2.45, 2.75) is 79.2 Å². The summed E-state index contributed by atoms with van der Waals surface area (Å²) < 4.78 is 11.5. The molecule has 5 nitrogen and oxygen atoms in total. The smallest absolute Gasteiger partial charge is 0.180 e. The molecule has 0 spiro atoms. The van der Waals surface area contributed by atoms with Gasteiger partial charge in [0.05, 0.1) is 18.2 Å². The molecule has 0 amide bonds. The van der Waals surface area contributed by atoms with E-state index >= 15 is 0 Å². The summed E-state index contributed by atoms with van der Waals surface area (Å²) in [4.78, 5) is 26.9. The van der Waals surface area contributed by atoms with E-state index in [-0.39, 0.29) is 28.5 Å². The van der Waals surface area contributed by atoms with Crippen molar-refractivity contribution in [1.82, 2.24) is 5.32 Å². The van der Waals surface area contributed by atoms with Gasteiger partial charge in [0, 0.05) is 41.3 Å². The van der Waals surface area contributed by atoms with Crippen LogP contribution < -0.4 is 14.8 Å². The Morgan fingerprint density at radius 2 is 1.45 bits per heavy atom. The highest BCUT2D eigenvalue weighted by atomic mass is 35.5. The van der Waals surface area contributed by atoms with Crippen molar-refractivity contribution >= 4 is 23.2 Å². The van der Waals surface area contributed by atoms with Crippen molar-refractivity contribution in [3.05, 3.63) is 45.3 Å². The summed E-state index contributed by atoms with van der Waals surface area (Å²) in [5.41, 5.74) is 3.77. The van der Waals surface area contributed by atoms with Gasteiger partial charge >= 0.3 is 0 Å². The minimum absolute atomic E-state index is 0.0749. The zero-order valence-electron chi connectivity index (χ0n) is 20.6. The molecule has 0 unspecified atom stereocenters. The number of allylic oxidation sites excluding steroid dienone is 4. The topological polar surface area (TPSA) is 64.6 Å². The molecule has 1 heterocycles. The molecular weight excluding hydrogens is 438 g/mol. The van der Waals surface area contributed by atoms with Gasteiger partial charge in [0.25, 0.3) is 0 Å². The van der Waals surface area contributed by atoms with Crippen LogP contribution >= 0.6 is 11.6 Å². The molecule has 6 heteroatoms. The second kappa shape index (κ2) is 8.19. The highest BCUT2D eigenvalue weighted by Gasteiger charge is 2.46. The molecule has 0 fully saturated rings. The van der Waals surface area contributed by atoms with Gasteiger partial charge in [-0.1, -0.05) is 39.3 Å². The van der Waals surface area contributed by atoms with Crippen LogP contribution in [0.2, 0.25) is 5.02 Å². The van der Waals surface area contributed by atoms with Crippen molar-refractivity contribution in [2.75, 3.05) is 7.11 Å². The van der Waals surface area contributed by atoms with Gasteiger partial charge in [-0.25, -0.2) is 0 Å². The van der Waals surface area contributed by atoms with Crippen LogP contribution in [-0.2, 0) is 9.59 Å². The minimum atomic E-state index is -0.456. The van der Waals surface area contributed by atoms with Crippen molar-refractivity contribution in [1.29, 1.82) is 0 Å². The predicted molar refractivity (Wildman–Crippen MR) is 130 cm³/mol. The van der Waals surface area contributed by atoms with Crippen molar-refractivity contribution in [3.63, 3.8) is 0 Å². The van der Waals surface area contributed by atoms with Crippen molar-refractivity contribution < 1.29 is 19.1 Å². The molecule has 1 N–H and O–H groups in total. The van der Waals surface area contributed by atoms with Gasteiger partial charge in [0.2, 0.25) is 0 Å². The number of ether oxygens (including phenoxy) is 2. The number of Topliss-reactive ketones (excluding diaryl/α,β-unsaturated/α-hetero) is 2. The Kier molecular flexibility index (Phi) is 5.93. The second-order valence-corrected chi connectivity index (χ2v) is 11.8. The molecule has 33 heavy (non-hydrogen) atoms. The molecule has 1 aliphatic heterocycles. The van der Waals surface area contributed by atoms with E-state index in [0.717, 1.165) is 29.8 Å². The Morgan fingerprint density at radius 3 is 1.91 bits per heavy atom. The summed E-state index contributed by atoms with van der Waals surface area (Å²) in [5, 5.41) is 3.95. The maximum Gasteiger partial charge on any atom is 0.180 e. The number of hydrogen-bond donors (Lipinski definition) is 1. The Morgan fingerprint density at radius 1 is 0.939 bits per heavy atom. The Balaban J connectivity index is 1.93. The van der Waals surface area contributed by atoms with Gasteiger partial charge < -0.3 is 14.8 Å². The average Bonchev–Trinajstić information content (AvgIpc) is 2.65. The first-order valence-electron chi connectivity index (χ1n) is 11.7. The number of carbonyl (C=O) groups is 2. The van der Waals surface area contributed by atoms with E-state index in [9.17, 15) is 9.59 Å². The number of dihydropyridines is 1. The normalized spacial score (nSPS) is 22.2. The molecule has 4 rings (SSSR count). The molecule has 0 saturated carbocycles. The van der Waals surface area contributed by atoms with Crippen LogP contribution in [0.5, 0.6) is 11.5 Å². The number of rotatable bonds is 4. The van der Waals surface area contributed by atoms with Gasteiger partial charge in [-0.3, -0.25) is 9.59 Å². The number of hydrogen-bond acceptors (Lipinski definition) is 5. The van der Waals surface area contributed by atoms with Gasteiger partial charge in [-0.15, -0.1) is 0 Å². The maximum atomic E-state index is 13.5. The molecule has 2 aliphatic carbocycles. The molecule has 0 radical (unpaired) electrons. The van der Waals surface area contributed by atoms with Crippen LogP contribution in [0.25, 0.3) is 0 Å². The molecule has 0 aromatic heterocycles. The third kappa shape index (κ3) is 4.44. The minimum Gasteiger partial charge on any atom is -0.493 e. The zero-order valence-corrected chi connectivity index (χ0v) is 21.4. The fourth-order valence-corrected chi connectivity index (χ4v) is 5.74.